The fourth-order valence-corrected chi connectivity index (χ4v) is 3.91. The average molecular weight is 397 g/mol. The van der Waals surface area contributed by atoms with Gasteiger partial charge >= 0.3 is 6.03 Å². The normalized spacial score (nSPS) is 14.8. The number of hydrogen-bond acceptors (Lipinski definition) is 4. The molecule has 0 saturated carbocycles. The number of hydrogen-bond donors (Lipinski definition) is 3. The number of benzene rings is 2. The van der Waals surface area contributed by atoms with Crippen LogP contribution in [0, 0.1) is 0 Å². The Balaban J connectivity index is 1.39. The summed E-state index contributed by atoms with van der Waals surface area (Å²) in [6.07, 6.45) is 4.68. The van der Waals surface area contributed by atoms with Crippen LogP contribution in [-0.2, 0) is 10.0 Å². The predicted molar refractivity (Wildman–Crippen MR) is 108 cm³/mol. The van der Waals surface area contributed by atoms with Gasteiger partial charge in [-0.1, -0.05) is 24.3 Å². The lowest BCUT2D eigenvalue weighted by molar-refractivity contribution is 0.251. The highest BCUT2D eigenvalue weighted by Gasteiger charge is 2.28. The highest BCUT2D eigenvalue weighted by Crippen LogP contribution is 2.38. The number of anilines is 2. The van der Waals surface area contributed by atoms with Crippen LogP contribution in [0.2, 0.25) is 0 Å². The quantitative estimate of drug-likeness (QED) is 0.615. The minimum Gasteiger partial charge on any atom is -0.335 e. The van der Waals surface area contributed by atoms with Crippen LogP contribution >= 0.6 is 0 Å². The maximum atomic E-state index is 12.3. The van der Waals surface area contributed by atoms with E-state index in [0.717, 1.165) is 23.1 Å². The lowest BCUT2D eigenvalue weighted by atomic mass is 10.0. The first-order valence-corrected chi connectivity index (χ1v) is 10.5. The van der Waals surface area contributed by atoms with Gasteiger partial charge in [0.25, 0.3) is 0 Å². The van der Waals surface area contributed by atoms with Crippen molar-refractivity contribution in [1.82, 2.24) is 14.9 Å². The van der Waals surface area contributed by atoms with E-state index in [1.165, 1.54) is 0 Å². The Labute approximate surface area is 162 Å². The molecule has 0 saturated heterocycles. The minimum atomic E-state index is -3.33. The summed E-state index contributed by atoms with van der Waals surface area (Å²) in [5, 5.41) is 5.63. The van der Waals surface area contributed by atoms with E-state index in [2.05, 4.69) is 37.0 Å². The van der Waals surface area contributed by atoms with E-state index in [0.29, 0.717) is 17.9 Å². The molecule has 1 aliphatic rings. The monoisotopic (exact) mass is 397 g/mol. The second-order valence-corrected chi connectivity index (χ2v) is 8.32. The van der Waals surface area contributed by atoms with Crippen LogP contribution in [0.5, 0.6) is 0 Å². The highest BCUT2D eigenvalue weighted by molar-refractivity contribution is 7.92. The van der Waals surface area contributed by atoms with Gasteiger partial charge < -0.3 is 15.2 Å². The molecule has 0 aliphatic carbocycles. The van der Waals surface area contributed by atoms with Crippen molar-refractivity contribution in [2.75, 3.05) is 22.8 Å². The SMILES string of the molecule is CS(=O)(=O)Nc1ccc(NC(=O)NCC2c3ccccc3-c3cncn32)cc1. The molecule has 1 aliphatic heterocycles. The van der Waals surface area contributed by atoms with Crippen molar-refractivity contribution in [1.29, 1.82) is 0 Å². The molecule has 1 atom stereocenters. The number of sulfonamides is 1. The molecule has 1 aromatic heterocycles. The lowest BCUT2D eigenvalue weighted by Crippen LogP contribution is -2.33. The molecular formula is C19H19N5O3S. The number of amides is 2. The Hall–Kier alpha value is -3.33. The number of carbonyl (C=O) groups excluding carboxylic acids is 1. The smallest absolute Gasteiger partial charge is 0.319 e. The van der Waals surface area contributed by atoms with Crippen molar-refractivity contribution in [3.8, 4) is 11.3 Å². The molecule has 2 amide bonds. The summed E-state index contributed by atoms with van der Waals surface area (Å²) in [5.74, 6) is 0. The fourth-order valence-electron chi connectivity index (χ4n) is 3.34. The van der Waals surface area contributed by atoms with E-state index in [9.17, 15) is 13.2 Å². The van der Waals surface area contributed by atoms with Gasteiger partial charge in [-0.2, -0.15) is 0 Å². The van der Waals surface area contributed by atoms with Crippen molar-refractivity contribution < 1.29 is 13.2 Å². The van der Waals surface area contributed by atoms with Crippen LogP contribution in [0.25, 0.3) is 11.3 Å². The van der Waals surface area contributed by atoms with Crippen molar-refractivity contribution >= 4 is 27.4 Å². The van der Waals surface area contributed by atoms with E-state index < -0.39 is 10.0 Å². The van der Waals surface area contributed by atoms with Crippen LogP contribution in [-0.4, -0.2) is 36.8 Å². The molecule has 1 unspecified atom stereocenters. The topological polar surface area (TPSA) is 105 Å². The number of urea groups is 1. The first kappa shape index (κ1) is 18.1. The number of rotatable bonds is 5. The Morgan fingerprint density at radius 1 is 1.11 bits per heavy atom. The zero-order valence-corrected chi connectivity index (χ0v) is 15.9. The summed E-state index contributed by atoms with van der Waals surface area (Å²) in [6, 6.07) is 14.2. The zero-order chi connectivity index (χ0) is 19.7. The Morgan fingerprint density at radius 2 is 1.82 bits per heavy atom. The number of aromatic nitrogens is 2. The summed E-state index contributed by atoms with van der Waals surface area (Å²) < 4.78 is 26.9. The van der Waals surface area contributed by atoms with Crippen LogP contribution in [0.3, 0.4) is 0 Å². The van der Waals surface area contributed by atoms with Gasteiger partial charge in [0.15, 0.2) is 0 Å². The number of fused-ring (bicyclic) bond motifs is 3. The molecular weight excluding hydrogens is 378 g/mol. The molecule has 3 N–H and O–H groups in total. The Kier molecular flexibility index (Phi) is 4.52. The summed E-state index contributed by atoms with van der Waals surface area (Å²) in [7, 11) is -3.33. The van der Waals surface area contributed by atoms with Crippen LogP contribution in [0.15, 0.2) is 61.1 Å². The summed E-state index contributed by atoms with van der Waals surface area (Å²) in [5.41, 5.74) is 4.31. The van der Waals surface area contributed by atoms with Crippen molar-refractivity contribution in [3.05, 3.63) is 66.6 Å². The van der Waals surface area contributed by atoms with E-state index in [4.69, 9.17) is 0 Å². The van der Waals surface area contributed by atoms with Crippen molar-refractivity contribution in [2.24, 2.45) is 0 Å². The molecule has 2 aromatic carbocycles. The molecule has 9 heteroatoms. The molecule has 2 heterocycles. The predicted octanol–water partition coefficient (Wildman–Crippen LogP) is 2.65. The second-order valence-electron chi connectivity index (χ2n) is 6.58. The minimum absolute atomic E-state index is 0.0132. The Bertz CT molecular complexity index is 1120. The maximum absolute atomic E-state index is 12.3. The lowest BCUT2D eigenvalue weighted by Gasteiger charge is -2.16. The summed E-state index contributed by atoms with van der Waals surface area (Å²) >= 11 is 0. The second kappa shape index (κ2) is 7.01. The van der Waals surface area contributed by atoms with Gasteiger partial charge in [0, 0.05) is 23.5 Å². The molecule has 0 spiro atoms. The first-order valence-electron chi connectivity index (χ1n) is 8.64. The molecule has 4 rings (SSSR count). The van der Waals surface area contributed by atoms with Gasteiger partial charge in [-0.25, -0.2) is 18.2 Å². The molecule has 0 fully saturated rings. The fraction of sp³-hybridized carbons (Fsp3) is 0.158. The average Bonchev–Trinajstić information content (AvgIpc) is 3.22. The first-order chi connectivity index (χ1) is 13.4. The van der Waals surface area contributed by atoms with Gasteiger partial charge in [0.2, 0.25) is 10.0 Å². The van der Waals surface area contributed by atoms with Gasteiger partial charge in [0.05, 0.1) is 30.5 Å². The van der Waals surface area contributed by atoms with E-state index >= 15 is 0 Å². The molecule has 0 radical (unpaired) electrons. The van der Waals surface area contributed by atoms with Gasteiger partial charge in [-0.05, 0) is 29.8 Å². The number of nitrogens with one attached hydrogen (secondary N) is 3. The van der Waals surface area contributed by atoms with Gasteiger partial charge in [0.1, 0.15) is 0 Å². The summed E-state index contributed by atoms with van der Waals surface area (Å²) in [6.45, 7) is 0.417. The van der Waals surface area contributed by atoms with E-state index in [-0.39, 0.29) is 12.1 Å². The number of nitrogens with zero attached hydrogens (tertiary/aromatic N) is 2. The third-order valence-corrected chi connectivity index (χ3v) is 5.11. The molecule has 8 nitrogen and oxygen atoms in total. The van der Waals surface area contributed by atoms with E-state index in [1.807, 2.05) is 18.3 Å². The van der Waals surface area contributed by atoms with Crippen LogP contribution in [0.1, 0.15) is 11.6 Å². The van der Waals surface area contributed by atoms with Crippen LogP contribution < -0.4 is 15.4 Å². The standard InChI is InChI=1S/C19H19N5O3S/c1-28(26,27)23-14-8-6-13(7-9-14)22-19(25)21-11-18-16-5-3-2-4-15(16)17-10-20-12-24(17)18/h2-10,12,18,23H,11H2,1H3,(H2,21,22,25). The Morgan fingerprint density at radius 3 is 2.57 bits per heavy atom. The molecule has 144 valence electrons. The highest BCUT2D eigenvalue weighted by atomic mass is 32.2. The van der Waals surface area contributed by atoms with Gasteiger partial charge in [-0.3, -0.25) is 4.72 Å². The molecule has 28 heavy (non-hydrogen) atoms. The number of imidazole rings is 1. The third kappa shape index (κ3) is 3.70. The maximum Gasteiger partial charge on any atom is 0.319 e. The van der Waals surface area contributed by atoms with E-state index in [1.54, 1.807) is 30.6 Å². The largest absolute Gasteiger partial charge is 0.335 e. The zero-order valence-electron chi connectivity index (χ0n) is 15.1. The third-order valence-electron chi connectivity index (χ3n) is 4.50. The summed E-state index contributed by atoms with van der Waals surface area (Å²) in [4.78, 5) is 16.5. The van der Waals surface area contributed by atoms with Crippen molar-refractivity contribution in [3.63, 3.8) is 0 Å². The molecule has 3 aromatic rings. The van der Waals surface area contributed by atoms with Crippen molar-refractivity contribution in [2.45, 2.75) is 6.04 Å². The number of carbonyl (C=O) groups is 1. The molecule has 0 bridgehead atoms. The van der Waals surface area contributed by atoms with Gasteiger partial charge in [-0.15, -0.1) is 0 Å². The van der Waals surface area contributed by atoms with Crippen LogP contribution in [0.4, 0.5) is 16.2 Å².